The zero-order chi connectivity index (χ0) is 38.2. The first-order chi connectivity index (χ1) is 28.2. The molecule has 0 amide bonds. The van der Waals surface area contributed by atoms with Gasteiger partial charge in [-0.25, -0.2) is 9.97 Å². The van der Waals surface area contributed by atoms with Crippen LogP contribution in [0.5, 0.6) is 0 Å². The molecule has 0 aliphatic heterocycles. The predicted molar refractivity (Wildman–Crippen MR) is 231 cm³/mol. The van der Waals surface area contributed by atoms with Crippen molar-refractivity contribution in [3.8, 4) is 73.4 Å². The van der Waals surface area contributed by atoms with Crippen LogP contribution in [0, 0.1) is 11.3 Å². The van der Waals surface area contributed by atoms with Gasteiger partial charge in [0, 0.05) is 22.3 Å². The number of nitriles is 1. The second-order valence-electron chi connectivity index (χ2n) is 14.4. The monoisotopic (exact) mass is 725 g/mol. The number of hydrogen-bond acceptors (Lipinski definition) is 3. The fourth-order valence-corrected chi connectivity index (χ4v) is 8.57. The van der Waals surface area contributed by atoms with Crippen molar-refractivity contribution in [1.29, 1.82) is 5.26 Å². The normalized spacial score (nSPS) is 12.3. The Kier molecular flexibility index (Phi) is 8.43. The van der Waals surface area contributed by atoms with Crippen LogP contribution in [0.1, 0.15) is 27.8 Å². The molecule has 0 saturated heterocycles. The van der Waals surface area contributed by atoms with Crippen molar-refractivity contribution in [2.45, 2.75) is 5.41 Å². The minimum atomic E-state index is -0.597. The minimum absolute atomic E-state index is 0.597. The summed E-state index contributed by atoms with van der Waals surface area (Å²) in [6.45, 7) is 0. The van der Waals surface area contributed by atoms with Crippen LogP contribution in [-0.4, -0.2) is 9.97 Å². The van der Waals surface area contributed by atoms with Crippen molar-refractivity contribution in [3.63, 3.8) is 0 Å². The lowest BCUT2D eigenvalue weighted by molar-refractivity contribution is 0.768. The summed E-state index contributed by atoms with van der Waals surface area (Å²) in [6, 6.07) is 76.8. The molecular weight excluding hydrogens is 691 g/mol. The van der Waals surface area contributed by atoms with E-state index >= 15 is 0 Å². The average Bonchev–Trinajstić information content (AvgIpc) is 3.61. The van der Waals surface area contributed by atoms with Crippen LogP contribution in [0.3, 0.4) is 0 Å². The molecule has 8 aromatic carbocycles. The highest BCUT2D eigenvalue weighted by Gasteiger charge is 2.47. The van der Waals surface area contributed by atoms with Crippen LogP contribution in [0.4, 0.5) is 0 Å². The first kappa shape index (κ1) is 33.9. The summed E-state index contributed by atoms with van der Waals surface area (Å²) in [4.78, 5) is 10.2. The molecule has 1 aliphatic rings. The fraction of sp³-hybridized carbons (Fsp3) is 0.0185. The molecule has 9 aromatic rings. The van der Waals surface area contributed by atoms with Crippen molar-refractivity contribution in [2.24, 2.45) is 0 Å². The Bertz CT molecular complexity index is 2880. The summed E-state index contributed by atoms with van der Waals surface area (Å²) < 4.78 is 0. The SMILES string of the molecule is N#Cc1cccc2c1-c1ccc(-c3ccc(-c4cc(-c5ccc(-c6ccccc6)cc5)nc(-c5ccccc5)n4)cc3)cc1C2(c1ccccc1)c1ccccc1. The Balaban J connectivity index is 1.08. The predicted octanol–water partition coefficient (Wildman–Crippen LogP) is 13.0. The Hall–Kier alpha value is -7.67. The maximum Gasteiger partial charge on any atom is 0.160 e. The van der Waals surface area contributed by atoms with Crippen molar-refractivity contribution < 1.29 is 0 Å². The summed E-state index contributed by atoms with van der Waals surface area (Å²) in [6.07, 6.45) is 0. The van der Waals surface area contributed by atoms with Gasteiger partial charge in [0.2, 0.25) is 0 Å². The maximum atomic E-state index is 10.3. The summed E-state index contributed by atoms with van der Waals surface area (Å²) >= 11 is 0. The van der Waals surface area contributed by atoms with Crippen molar-refractivity contribution in [3.05, 3.63) is 240 Å². The van der Waals surface area contributed by atoms with Gasteiger partial charge in [0.25, 0.3) is 0 Å². The molecule has 0 bridgehead atoms. The van der Waals surface area contributed by atoms with E-state index in [0.29, 0.717) is 11.4 Å². The maximum absolute atomic E-state index is 10.3. The number of fused-ring (bicyclic) bond motifs is 3. The summed E-state index contributed by atoms with van der Waals surface area (Å²) in [7, 11) is 0. The van der Waals surface area contributed by atoms with Crippen LogP contribution >= 0.6 is 0 Å². The molecule has 0 saturated carbocycles. The number of nitrogens with zero attached hydrogens (tertiary/aromatic N) is 3. The van der Waals surface area contributed by atoms with Gasteiger partial charge in [0.15, 0.2) is 5.82 Å². The van der Waals surface area contributed by atoms with Gasteiger partial charge in [-0.05, 0) is 68.3 Å². The van der Waals surface area contributed by atoms with E-state index in [9.17, 15) is 5.26 Å². The zero-order valence-corrected chi connectivity index (χ0v) is 31.0. The van der Waals surface area contributed by atoms with Crippen LogP contribution in [-0.2, 0) is 5.41 Å². The van der Waals surface area contributed by atoms with Gasteiger partial charge in [-0.15, -0.1) is 0 Å². The average molecular weight is 726 g/mol. The lowest BCUT2D eigenvalue weighted by Crippen LogP contribution is -2.28. The van der Waals surface area contributed by atoms with Gasteiger partial charge in [-0.1, -0.05) is 194 Å². The first-order valence-corrected chi connectivity index (χ1v) is 19.2. The number of benzene rings is 8. The number of hydrogen-bond donors (Lipinski definition) is 0. The molecule has 1 aromatic heterocycles. The van der Waals surface area contributed by atoms with Gasteiger partial charge >= 0.3 is 0 Å². The van der Waals surface area contributed by atoms with Gasteiger partial charge in [0.05, 0.1) is 28.4 Å². The van der Waals surface area contributed by atoms with Gasteiger partial charge < -0.3 is 0 Å². The Morgan fingerprint density at radius 1 is 0.368 bits per heavy atom. The smallest absolute Gasteiger partial charge is 0.160 e. The van der Waals surface area contributed by atoms with Gasteiger partial charge in [-0.2, -0.15) is 5.26 Å². The highest BCUT2D eigenvalue weighted by Crippen LogP contribution is 2.57. The molecule has 0 spiro atoms. The van der Waals surface area contributed by atoms with Crippen molar-refractivity contribution >= 4 is 0 Å². The summed E-state index contributed by atoms with van der Waals surface area (Å²) in [5, 5.41) is 10.3. The second-order valence-corrected chi connectivity index (χ2v) is 14.4. The van der Waals surface area contributed by atoms with Crippen LogP contribution in [0.2, 0.25) is 0 Å². The third-order valence-corrected chi connectivity index (χ3v) is 11.3. The van der Waals surface area contributed by atoms with Crippen molar-refractivity contribution in [1.82, 2.24) is 9.97 Å². The Morgan fingerprint density at radius 2 is 0.825 bits per heavy atom. The largest absolute Gasteiger partial charge is 0.228 e. The third kappa shape index (κ3) is 5.84. The molecule has 3 heteroatoms. The third-order valence-electron chi connectivity index (χ3n) is 11.3. The molecule has 1 heterocycles. The van der Waals surface area contributed by atoms with Crippen LogP contribution in [0.15, 0.2) is 212 Å². The van der Waals surface area contributed by atoms with Crippen LogP contribution in [0.25, 0.3) is 67.3 Å². The topological polar surface area (TPSA) is 49.6 Å². The molecule has 0 N–H and O–H groups in total. The molecular formula is C54H35N3. The number of aromatic nitrogens is 2. The molecule has 266 valence electrons. The van der Waals surface area contributed by atoms with E-state index in [0.717, 1.165) is 55.9 Å². The van der Waals surface area contributed by atoms with E-state index in [1.54, 1.807) is 0 Å². The molecule has 0 radical (unpaired) electrons. The first-order valence-electron chi connectivity index (χ1n) is 19.2. The highest BCUT2D eigenvalue weighted by atomic mass is 14.9. The lowest BCUT2D eigenvalue weighted by atomic mass is 9.67. The molecule has 0 unspecified atom stereocenters. The molecule has 10 rings (SSSR count). The zero-order valence-electron chi connectivity index (χ0n) is 31.0. The summed E-state index contributed by atoms with van der Waals surface area (Å²) in [5.74, 6) is 0.687. The van der Waals surface area contributed by atoms with Gasteiger partial charge in [-0.3, -0.25) is 0 Å². The quantitative estimate of drug-likeness (QED) is 0.164. The van der Waals surface area contributed by atoms with E-state index in [2.05, 4.69) is 182 Å². The number of rotatable bonds is 7. The lowest BCUT2D eigenvalue weighted by Gasteiger charge is -2.34. The van der Waals surface area contributed by atoms with E-state index in [-0.39, 0.29) is 0 Å². The van der Waals surface area contributed by atoms with E-state index in [1.165, 1.54) is 27.8 Å². The van der Waals surface area contributed by atoms with E-state index in [4.69, 9.17) is 9.97 Å². The molecule has 0 fully saturated rings. The Morgan fingerprint density at radius 3 is 1.37 bits per heavy atom. The van der Waals surface area contributed by atoms with E-state index < -0.39 is 5.41 Å². The minimum Gasteiger partial charge on any atom is -0.228 e. The molecule has 0 atom stereocenters. The Labute approximate surface area is 332 Å². The molecule has 1 aliphatic carbocycles. The fourth-order valence-electron chi connectivity index (χ4n) is 8.57. The second kappa shape index (κ2) is 14.2. The van der Waals surface area contributed by atoms with Crippen molar-refractivity contribution in [2.75, 3.05) is 0 Å². The van der Waals surface area contributed by atoms with Crippen LogP contribution < -0.4 is 0 Å². The van der Waals surface area contributed by atoms with E-state index in [1.807, 2.05) is 36.4 Å². The van der Waals surface area contributed by atoms with Gasteiger partial charge in [0.1, 0.15) is 0 Å². The molecule has 57 heavy (non-hydrogen) atoms. The standard InChI is InChI=1S/C54H35N3/c55-36-44-18-13-23-48-52(44)47-33-32-43(34-49(47)54(48,45-19-9-3-10-20-45)46-21-11-4-12-22-46)39-26-30-41(31-27-39)51-35-50(56-53(57-51)42-16-7-2-8-17-42)40-28-24-38(25-29-40)37-14-5-1-6-15-37/h1-35H. The highest BCUT2D eigenvalue weighted by molar-refractivity contribution is 5.91. The molecule has 3 nitrogen and oxygen atoms in total. The summed E-state index contributed by atoms with van der Waals surface area (Å²) in [5.41, 5.74) is 16.1.